The summed E-state index contributed by atoms with van der Waals surface area (Å²) in [4.78, 5) is 7.13. The maximum absolute atomic E-state index is 6.38. The zero-order valence-corrected chi connectivity index (χ0v) is 28.7. The van der Waals surface area contributed by atoms with E-state index in [9.17, 15) is 0 Å². The molecule has 2 aliphatic rings. The summed E-state index contributed by atoms with van der Waals surface area (Å²) in [6.07, 6.45) is 20.5. The molecule has 0 bridgehead atoms. The molecule has 3 nitrogen and oxygen atoms in total. The minimum absolute atomic E-state index is 0.389. The van der Waals surface area contributed by atoms with Crippen molar-refractivity contribution >= 4 is 55.8 Å². The second kappa shape index (κ2) is 12.7. The predicted octanol–water partition coefficient (Wildman–Crippen LogP) is 13.5. The fourth-order valence-electron chi connectivity index (χ4n) is 8.16. The van der Waals surface area contributed by atoms with Gasteiger partial charge in [-0.05, 0) is 101 Å². The first-order valence-corrected chi connectivity index (χ1v) is 18.2. The third kappa shape index (κ3) is 5.25. The maximum Gasteiger partial charge on any atom is 0.136 e. The minimum atomic E-state index is 0.389. The molecular weight excluding hydrogens is 633 g/mol. The molecule has 8 aromatic rings. The van der Waals surface area contributed by atoms with Gasteiger partial charge in [0.1, 0.15) is 11.2 Å². The highest BCUT2D eigenvalue weighted by Gasteiger charge is 2.20. The van der Waals surface area contributed by atoms with E-state index in [2.05, 4.69) is 157 Å². The van der Waals surface area contributed by atoms with Gasteiger partial charge in [-0.3, -0.25) is 4.98 Å². The van der Waals surface area contributed by atoms with Gasteiger partial charge in [0.15, 0.2) is 0 Å². The van der Waals surface area contributed by atoms with Gasteiger partial charge < -0.3 is 9.32 Å². The highest BCUT2D eigenvalue weighted by Crippen LogP contribution is 2.43. The fourth-order valence-corrected chi connectivity index (χ4v) is 8.16. The minimum Gasteiger partial charge on any atom is -0.456 e. The Morgan fingerprint density at radius 3 is 2.21 bits per heavy atom. The molecule has 0 spiro atoms. The van der Waals surface area contributed by atoms with Crippen molar-refractivity contribution in [3.63, 3.8) is 0 Å². The van der Waals surface area contributed by atoms with E-state index >= 15 is 0 Å². The maximum atomic E-state index is 6.38. The lowest BCUT2D eigenvalue weighted by Gasteiger charge is -2.27. The molecule has 0 saturated carbocycles. The summed E-state index contributed by atoms with van der Waals surface area (Å²) in [7, 11) is 0. The summed E-state index contributed by atoms with van der Waals surface area (Å²) in [5, 5.41) is 4.39. The molecule has 0 amide bonds. The second-order valence-electron chi connectivity index (χ2n) is 13.8. The summed E-state index contributed by atoms with van der Waals surface area (Å²) in [5.41, 5.74) is 14.1. The molecule has 0 aliphatic heterocycles. The molecular formula is C49H36N2O. The van der Waals surface area contributed by atoms with Crippen molar-refractivity contribution in [1.82, 2.24) is 4.98 Å². The molecule has 52 heavy (non-hydrogen) atoms. The van der Waals surface area contributed by atoms with Crippen LogP contribution in [0.15, 0.2) is 175 Å². The quantitative estimate of drug-likeness (QED) is 0.177. The standard InChI is InChI=1S/C49H36N2O/c1-3-11-33(12-4-1)34-19-23-38(24-20-34)51(47-32-50-31-37-29-46-44-17-9-10-18-48(44)52-49(46)30-45(37)47)39-25-21-36(22-26-39)41-28-27-40(35-13-5-2-6-14-35)42-15-7-8-16-43(41)42/h1-6,8-11,13-14,16-33H,7,12,15H2. The molecule has 10 rings (SSSR count). The molecule has 1 unspecified atom stereocenters. The normalized spacial score (nSPS) is 15.0. The number of nitrogens with zero attached hydrogens (tertiary/aromatic N) is 2. The summed E-state index contributed by atoms with van der Waals surface area (Å²) in [5.74, 6) is 0.389. The van der Waals surface area contributed by atoms with Gasteiger partial charge in [0.2, 0.25) is 0 Å². The number of fused-ring (bicyclic) bond motifs is 5. The lowest BCUT2D eigenvalue weighted by atomic mass is 9.84. The first-order valence-electron chi connectivity index (χ1n) is 18.2. The van der Waals surface area contributed by atoms with Gasteiger partial charge in [0.05, 0.1) is 11.9 Å². The molecule has 2 aliphatic carbocycles. The van der Waals surface area contributed by atoms with Crippen LogP contribution in [0.1, 0.15) is 35.4 Å². The summed E-state index contributed by atoms with van der Waals surface area (Å²) in [6.45, 7) is 0. The van der Waals surface area contributed by atoms with Crippen LogP contribution in [0.4, 0.5) is 17.1 Å². The van der Waals surface area contributed by atoms with Crippen LogP contribution >= 0.6 is 0 Å². The van der Waals surface area contributed by atoms with E-state index in [1.165, 1.54) is 38.9 Å². The molecule has 0 fully saturated rings. The molecule has 248 valence electrons. The van der Waals surface area contributed by atoms with Crippen LogP contribution in [0.3, 0.4) is 0 Å². The summed E-state index contributed by atoms with van der Waals surface area (Å²) < 4.78 is 6.38. The Morgan fingerprint density at radius 2 is 1.38 bits per heavy atom. The Morgan fingerprint density at radius 1 is 0.615 bits per heavy atom. The van der Waals surface area contributed by atoms with E-state index in [0.717, 1.165) is 69.0 Å². The van der Waals surface area contributed by atoms with Gasteiger partial charge in [-0.15, -0.1) is 0 Å². The van der Waals surface area contributed by atoms with Crippen LogP contribution in [-0.2, 0) is 6.42 Å². The van der Waals surface area contributed by atoms with Crippen LogP contribution in [0.2, 0.25) is 0 Å². The molecule has 0 saturated heterocycles. The molecule has 1 atom stereocenters. The van der Waals surface area contributed by atoms with Gasteiger partial charge >= 0.3 is 0 Å². The second-order valence-corrected chi connectivity index (χ2v) is 13.8. The van der Waals surface area contributed by atoms with Crippen molar-refractivity contribution in [3.05, 3.63) is 187 Å². The Hall–Kier alpha value is -6.45. The largest absolute Gasteiger partial charge is 0.456 e. The van der Waals surface area contributed by atoms with Crippen molar-refractivity contribution in [2.75, 3.05) is 4.90 Å². The number of aromatic nitrogens is 1. The van der Waals surface area contributed by atoms with Crippen LogP contribution in [0, 0.1) is 0 Å². The van der Waals surface area contributed by atoms with Crippen molar-refractivity contribution in [2.45, 2.75) is 25.2 Å². The SMILES string of the molecule is C1=CCC(c2ccc(N(c3ccc(-c4ccc(-c5ccccc5)c5c4C=CCC5)cc3)c3cncc4cc5c(cc34)oc3ccccc35)cc2)C=C1. The molecule has 2 heterocycles. The van der Waals surface area contributed by atoms with Crippen LogP contribution in [0.25, 0.3) is 61.0 Å². The Balaban J connectivity index is 1.10. The monoisotopic (exact) mass is 668 g/mol. The van der Waals surface area contributed by atoms with Gasteiger partial charge in [0.25, 0.3) is 0 Å². The molecule has 2 aromatic heterocycles. The molecule has 3 heteroatoms. The smallest absolute Gasteiger partial charge is 0.136 e. The number of benzene rings is 6. The molecule has 6 aromatic carbocycles. The van der Waals surface area contributed by atoms with Crippen LogP contribution in [-0.4, -0.2) is 4.98 Å². The van der Waals surface area contributed by atoms with Gasteiger partial charge in [-0.1, -0.05) is 121 Å². The predicted molar refractivity (Wildman–Crippen MR) is 218 cm³/mol. The average Bonchev–Trinajstić information content (AvgIpc) is 3.58. The van der Waals surface area contributed by atoms with Crippen LogP contribution in [0.5, 0.6) is 0 Å². The zero-order valence-electron chi connectivity index (χ0n) is 28.7. The van der Waals surface area contributed by atoms with E-state index in [4.69, 9.17) is 9.40 Å². The molecule has 0 radical (unpaired) electrons. The fraction of sp³-hybridized carbons (Fsp3) is 0.0816. The number of pyridine rings is 1. The van der Waals surface area contributed by atoms with E-state index < -0.39 is 0 Å². The first-order chi connectivity index (χ1) is 25.8. The number of para-hydroxylation sites is 1. The third-order valence-electron chi connectivity index (χ3n) is 10.8. The highest BCUT2D eigenvalue weighted by molar-refractivity contribution is 6.12. The summed E-state index contributed by atoms with van der Waals surface area (Å²) in [6, 6.07) is 46.1. The van der Waals surface area contributed by atoms with Gasteiger partial charge in [-0.2, -0.15) is 0 Å². The van der Waals surface area contributed by atoms with E-state index in [-0.39, 0.29) is 0 Å². The van der Waals surface area contributed by atoms with Crippen molar-refractivity contribution in [3.8, 4) is 22.3 Å². The summed E-state index contributed by atoms with van der Waals surface area (Å²) >= 11 is 0. The van der Waals surface area contributed by atoms with Crippen molar-refractivity contribution in [2.24, 2.45) is 0 Å². The topological polar surface area (TPSA) is 29.3 Å². The molecule has 0 N–H and O–H groups in total. The lowest BCUT2D eigenvalue weighted by molar-refractivity contribution is 0.669. The number of furan rings is 1. The Kier molecular flexibility index (Phi) is 7.42. The highest BCUT2D eigenvalue weighted by atomic mass is 16.3. The third-order valence-corrected chi connectivity index (χ3v) is 10.8. The van der Waals surface area contributed by atoms with Crippen LogP contribution < -0.4 is 4.90 Å². The van der Waals surface area contributed by atoms with Gasteiger partial charge in [-0.25, -0.2) is 0 Å². The number of hydrogen-bond acceptors (Lipinski definition) is 3. The first kappa shape index (κ1) is 30.4. The van der Waals surface area contributed by atoms with Crippen molar-refractivity contribution < 1.29 is 4.42 Å². The number of anilines is 3. The Bertz CT molecular complexity index is 2700. The number of rotatable bonds is 6. The van der Waals surface area contributed by atoms with E-state index in [0.29, 0.717) is 5.92 Å². The van der Waals surface area contributed by atoms with E-state index in [1.807, 2.05) is 24.5 Å². The van der Waals surface area contributed by atoms with E-state index in [1.54, 1.807) is 0 Å². The Labute approximate surface area is 303 Å². The van der Waals surface area contributed by atoms with Crippen molar-refractivity contribution in [1.29, 1.82) is 0 Å². The van der Waals surface area contributed by atoms with Gasteiger partial charge in [0, 0.05) is 45.0 Å². The number of allylic oxidation sites excluding steroid dienone is 5. The average molecular weight is 669 g/mol. The number of hydrogen-bond donors (Lipinski definition) is 0. The zero-order chi connectivity index (χ0) is 34.4. The lowest BCUT2D eigenvalue weighted by Crippen LogP contribution is -2.11.